The minimum absolute atomic E-state index is 0. The number of nitrogen functional groups attached to an aromatic ring is 2. The van der Waals surface area contributed by atoms with Crippen LogP contribution in [0.4, 0.5) is 11.4 Å². The highest BCUT2D eigenvalue weighted by molar-refractivity contribution is 5.84. The highest BCUT2D eigenvalue weighted by atomic mass is 14.5. The van der Waals surface area contributed by atoms with Gasteiger partial charge in [0.25, 0.3) is 0 Å². The van der Waals surface area contributed by atoms with Crippen molar-refractivity contribution in [3.8, 4) is 59.7 Å². The van der Waals surface area contributed by atoms with Crippen LogP contribution in [0.3, 0.4) is 0 Å². The minimum Gasteiger partial charge on any atom is -0.399 e. The normalized spacial score (nSPS) is 8.37. The van der Waals surface area contributed by atoms with Gasteiger partial charge in [-0.3, -0.25) is 0 Å². The van der Waals surface area contributed by atoms with E-state index in [0.29, 0.717) is 39.2 Å². The number of nitrogens with two attached hydrogens (primary N) is 2. The van der Waals surface area contributed by atoms with E-state index in [1.54, 1.807) is 12.1 Å². The van der Waals surface area contributed by atoms with Gasteiger partial charge >= 0.3 is 0 Å². The second-order valence-electron chi connectivity index (χ2n) is 13.1. The molecule has 65 heavy (non-hydrogen) atoms. The molecule has 0 radical (unpaired) electrons. The van der Waals surface area contributed by atoms with E-state index in [4.69, 9.17) is 17.9 Å². The molecule has 0 unspecified atom stereocenters. The Morgan fingerprint density at radius 2 is 0.677 bits per heavy atom. The molecule has 0 saturated carbocycles. The summed E-state index contributed by atoms with van der Waals surface area (Å²) in [6.07, 6.45) is 5.89. The fraction of sp³-hybridized carbons (Fsp3) is 0.0794. The maximum atomic E-state index is 5.91. The van der Waals surface area contributed by atoms with Crippen LogP contribution in [0.15, 0.2) is 215 Å². The molecule has 0 saturated heterocycles. The summed E-state index contributed by atoms with van der Waals surface area (Å²) in [4.78, 5) is 0. The Morgan fingerprint density at radius 3 is 1.05 bits per heavy atom. The van der Waals surface area contributed by atoms with Crippen molar-refractivity contribution in [1.82, 2.24) is 0 Å². The largest absolute Gasteiger partial charge is 0.399 e. The molecule has 0 heterocycles. The van der Waals surface area contributed by atoms with Gasteiger partial charge in [-0.25, -0.2) is 0 Å². The molecule has 0 bridgehead atoms. The van der Waals surface area contributed by atoms with Crippen LogP contribution >= 0.6 is 0 Å². The molecule has 2 nitrogen and oxygen atoms in total. The smallest absolute Gasteiger partial charge is 0.125 e. The third-order valence-corrected chi connectivity index (χ3v) is 8.65. The molecule has 6 rings (SSSR count). The lowest BCUT2D eigenvalue weighted by Crippen LogP contribution is -1.83. The van der Waals surface area contributed by atoms with Crippen LogP contribution < -0.4 is 11.5 Å². The summed E-state index contributed by atoms with van der Waals surface area (Å²) in [5.41, 5.74) is 40.9. The van der Waals surface area contributed by atoms with Crippen molar-refractivity contribution in [1.29, 1.82) is 0 Å². The van der Waals surface area contributed by atoms with Crippen molar-refractivity contribution in [3.63, 3.8) is 0 Å². The van der Waals surface area contributed by atoms with Gasteiger partial charge in [-0.15, -0.1) is 6.42 Å². The van der Waals surface area contributed by atoms with Crippen molar-refractivity contribution in [2.75, 3.05) is 11.5 Å². The molecule has 0 fully saturated rings. The van der Waals surface area contributed by atoms with E-state index >= 15 is 0 Å². The molecule has 0 aliphatic carbocycles. The van der Waals surface area contributed by atoms with Crippen LogP contribution in [0, 0.1) is 59.7 Å². The summed E-state index contributed by atoms with van der Waals surface area (Å²) in [5, 5.41) is 0. The van der Waals surface area contributed by atoms with Gasteiger partial charge in [0.15, 0.2) is 0 Å². The molecule has 314 valence electrons. The third-order valence-electron chi connectivity index (χ3n) is 8.65. The summed E-state index contributed by atoms with van der Waals surface area (Å²) >= 11 is 0. The average molecular weight is 837 g/mol. The van der Waals surface area contributed by atoms with Crippen molar-refractivity contribution in [2.24, 2.45) is 0 Å². The Labute approximate surface area is 388 Å². The highest BCUT2D eigenvalue weighted by Crippen LogP contribution is 2.16. The first-order valence-corrected chi connectivity index (χ1v) is 19.2. The van der Waals surface area contributed by atoms with E-state index < -0.39 is 0 Å². The molecule has 0 aromatic heterocycles. The maximum Gasteiger partial charge on any atom is 0.125 e. The van der Waals surface area contributed by atoms with Crippen LogP contribution in [0.25, 0.3) is 22.3 Å². The predicted octanol–water partition coefficient (Wildman–Crippen LogP) is 13.9. The molecular formula is C63H52N2. The second kappa shape index (κ2) is 27.5. The van der Waals surface area contributed by atoms with Gasteiger partial charge < -0.3 is 11.5 Å². The minimum atomic E-state index is 0. The zero-order chi connectivity index (χ0) is 42.5. The Balaban J connectivity index is 0.00000363. The molecule has 0 spiro atoms. The Kier molecular flexibility index (Phi) is 21.9. The number of hydrogen-bond acceptors (Lipinski definition) is 2. The van der Waals surface area contributed by atoms with Crippen molar-refractivity contribution in [3.05, 3.63) is 249 Å². The van der Waals surface area contributed by atoms with Gasteiger partial charge in [-0.05, 0) is 113 Å². The monoisotopic (exact) mass is 836 g/mol. The van der Waals surface area contributed by atoms with Crippen molar-refractivity contribution >= 4 is 33.7 Å². The van der Waals surface area contributed by atoms with E-state index in [-0.39, 0.29) is 29.7 Å². The van der Waals surface area contributed by atoms with Crippen LogP contribution in [-0.4, -0.2) is 0 Å². The summed E-state index contributed by atoms with van der Waals surface area (Å²) in [5.74, 6) is 28.4. The topological polar surface area (TPSA) is 52.0 Å². The summed E-state index contributed by atoms with van der Waals surface area (Å²) < 4.78 is 0. The molecule has 0 aliphatic rings. The second-order valence-corrected chi connectivity index (χ2v) is 13.1. The fourth-order valence-corrected chi connectivity index (χ4v) is 5.36. The number of rotatable bonds is 4. The van der Waals surface area contributed by atoms with Gasteiger partial charge in [0.2, 0.25) is 0 Å². The molecule has 2 heteroatoms. The van der Waals surface area contributed by atoms with E-state index in [0.717, 1.165) is 39.0 Å². The summed E-state index contributed by atoms with van der Waals surface area (Å²) in [6, 6.07) is 53.7. The number of terminal acetylenes is 1. The number of anilines is 2. The Hall–Kier alpha value is -9.38. The first kappa shape index (κ1) is 51.8. The number of allylic oxidation sites excluding steroid dienone is 6. The highest BCUT2D eigenvalue weighted by Gasteiger charge is 2.00. The lowest BCUT2D eigenvalue weighted by Gasteiger charge is -1.97. The molecule has 0 amide bonds. The average Bonchev–Trinajstić information content (AvgIpc) is 3.31. The Bertz CT molecular complexity index is 3180. The van der Waals surface area contributed by atoms with Gasteiger partial charge in [0, 0.05) is 28.1 Å². The molecule has 6 aromatic rings. The molecule has 0 aliphatic heterocycles. The zero-order valence-corrected chi connectivity index (χ0v) is 33.4. The van der Waals surface area contributed by atoms with Crippen LogP contribution in [0.2, 0.25) is 0 Å². The fourth-order valence-electron chi connectivity index (χ4n) is 5.36. The predicted molar refractivity (Wildman–Crippen MR) is 280 cm³/mol. The van der Waals surface area contributed by atoms with E-state index in [2.05, 4.69) is 87.7 Å². The van der Waals surface area contributed by atoms with E-state index in [1.165, 1.54) is 0 Å². The number of benzene rings is 6. The van der Waals surface area contributed by atoms with Crippen LogP contribution in [0.1, 0.15) is 70.0 Å². The molecular weight excluding hydrogens is 785 g/mol. The first-order chi connectivity index (χ1) is 29.9. The molecule has 4 N–H and O–H groups in total. The lowest BCUT2D eigenvalue weighted by atomic mass is 10.0. The third kappa shape index (κ3) is 16.5. The van der Waals surface area contributed by atoms with E-state index in [1.807, 2.05) is 165 Å². The van der Waals surface area contributed by atoms with Gasteiger partial charge in [0.1, 0.15) is 11.1 Å². The lowest BCUT2D eigenvalue weighted by molar-refractivity contribution is 1.58. The molecule has 6 aromatic carbocycles. The van der Waals surface area contributed by atoms with Crippen molar-refractivity contribution < 1.29 is 0 Å². The van der Waals surface area contributed by atoms with Gasteiger partial charge in [0.05, 0.1) is 16.7 Å². The van der Waals surface area contributed by atoms with Crippen molar-refractivity contribution in [2.45, 2.75) is 36.6 Å². The summed E-state index contributed by atoms with van der Waals surface area (Å²) in [7, 11) is 0. The SMILES string of the molecule is C.C.C.C.C#CC(=C=C=C(C#CC(=C=C=C(C#CC(=C=C=C(C)c1ccccc1)C#Cc1ccc(N)cc1)c1ccccc1)c1ccccc1)C#Cc1ccc(N)cc1)c1ccccc1. The quantitative estimate of drug-likeness (QED) is 0.106. The van der Waals surface area contributed by atoms with Gasteiger partial charge in [-0.1, -0.05) is 204 Å². The zero-order valence-electron chi connectivity index (χ0n) is 33.4. The van der Waals surface area contributed by atoms with Crippen LogP contribution in [0.5, 0.6) is 0 Å². The van der Waals surface area contributed by atoms with Crippen LogP contribution in [-0.2, 0) is 0 Å². The maximum absolute atomic E-state index is 5.91. The molecule has 0 atom stereocenters. The Morgan fingerprint density at radius 1 is 0.354 bits per heavy atom. The van der Waals surface area contributed by atoms with Gasteiger partial charge in [-0.2, -0.15) is 0 Å². The van der Waals surface area contributed by atoms with E-state index in [9.17, 15) is 0 Å². The number of hydrogen-bond donors (Lipinski definition) is 2. The standard InChI is InChI=1S/C59H36N2.4CH4/c1-3-51(53-18-10-5-11-19-53)37-30-48(27-29-50-35-44-59(61)45-36-50)32-39-57(55-22-14-7-15-23-55)41-40-56(54-20-12-6-13-21-54)38-31-47(26-28-49-33-42-58(60)43-34-49)25-24-46(2)52-16-8-4-9-17-52;;;;/h1,4-23,33-36,42-45H,60-61H2,2H3;4*1H4. The summed E-state index contributed by atoms with van der Waals surface area (Å²) in [6.45, 7) is 1.98. The first-order valence-electron chi connectivity index (χ1n) is 19.2.